The summed E-state index contributed by atoms with van der Waals surface area (Å²) in [6, 6.07) is 8.53. The maximum atomic E-state index is 13.7. The van der Waals surface area contributed by atoms with Crippen LogP contribution >= 0.6 is 0 Å². The molecule has 0 aliphatic carbocycles. The molecule has 2 aromatic rings. The molecule has 0 saturated carbocycles. The number of benzene rings is 2. The van der Waals surface area contributed by atoms with Crippen LogP contribution in [0.1, 0.15) is 33.4 Å². The first-order valence-corrected chi connectivity index (χ1v) is 11.6. The van der Waals surface area contributed by atoms with Gasteiger partial charge >= 0.3 is 0 Å². The average Bonchev–Trinajstić information content (AvgIpc) is 2.60. The molecule has 2 aromatic carbocycles. The van der Waals surface area contributed by atoms with Crippen LogP contribution in [0.25, 0.3) is 0 Å². The predicted octanol–water partition coefficient (Wildman–Crippen LogP) is 3.20. The first kappa shape index (κ1) is 22.9. The van der Waals surface area contributed by atoms with Gasteiger partial charge in [-0.1, -0.05) is 23.8 Å². The lowest BCUT2D eigenvalue weighted by Gasteiger charge is -2.16. The first-order chi connectivity index (χ1) is 13.6. The Hall–Kier alpha value is -2.41. The van der Waals surface area contributed by atoms with E-state index in [1.165, 1.54) is 46.7 Å². The highest BCUT2D eigenvalue weighted by atomic mass is 32.2. The fraction of sp³-hybridized carbons (Fsp3) is 0.409. The van der Waals surface area contributed by atoms with E-state index in [0.29, 0.717) is 23.6 Å². The predicted molar refractivity (Wildman–Crippen MR) is 118 cm³/mol. The van der Waals surface area contributed by atoms with E-state index in [4.69, 9.17) is 0 Å². The van der Waals surface area contributed by atoms with Gasteiger partial charge in [0, 0.05) is 26.4 Å². The van der Waals surface area contributed by atoms with Crippen molar-refractivity contribution < 1.29 is 12.8 Å². The standard InChI is InChI=1S/C22H30FN3O2S/c1-15-10-16(2)21(17(3)11-15)8-9-25-22(24-4)26-13-19-12-20(23)7-6-18(19)14-29(5,27)28/h6-7,10-12H,8-9,13-14H2,1-5H3,(H2,24,25,26). The molecule has 0 unspecified atom stereocenters. The fourth-order valence-electron chi connectivity index (χ4n) is 3.49. The van der Waals surface area contributed by atoms with Gasteiger partial charge in [0.15, 0.2) is 15.8 Å². The largest absolute Gasteiger partial charge is 0.356 e. The molecule has 0 aromatic heterocycles. The maximum absolute atomic E-state index is 13.7. The van der Waals surface area contributed by atoms with Crippen molar-refractivity contribution >= 4 is 15.8 Å². The number of rotatable bonds is 7. The molecule has 0 saturated heterocycles. The summed E-state index contributed by atoms with van der Waals surface area (Å²) in [4.78, 5) is 4.20. The van der Waals surface area contributed by atoms with Crippen molar-refractivity contribution in [3.63, 3.8) is 0 Å². The van der Waals surface area contributed by atoms with Crippen LogP contribution < -0.4 is 10.6 Å². The number of sulfone groups is 1. The summed E-state index contributed by atoms with van der Waals surface area (Å²) >= 11 is 0. The minimum atomic E-state index is -3.21. The van der Waals surface area contributed by atoms with Crippen LogP contribution in [0, 0.1) is 26.6 Å². The van der Waals surface area contributed by atoms with Crippen molar-refractivity contribution in [3.8, 4) is 0 Å². The molecule has 0 atom stereocenters. The summed E-state index contributed by atoms with van der Waals surface area (Å²) in [5, 5.41) is 6.41. The van der Waals surface area contributed by atoms with Crippen molar-refractivity contribution in [2.75, 3.05) is 19.8 Å². The minimum absolute atomic E-state index is 0.123. The molecule has 2 N–H and O–H groups in total. The average molecular weight is 420 g/mol. The topological polar surface area (TPSA) is 70.6 Å². The number of hydrogen-bond donors (Lipinski definition) is 2. The van der Waals surface area contributed by atoms with Gasteiger partial charge in [0.25, 0.3) is 0 Å². The lowest BCUT2D eigenvalue weighted by molar-refractivity contribution is 0.599. The minimum Gasteiger partial charge on any atom is -0.356 e. The molecule has 0 fully saturated rings. The fourth-order valence-corrected chi connectivity index (χ4v) is 4.34. The van der Waals surface area contributed by atoms with Gasteiger partial charge in [-0.2, -0.15) is 0 Å². The Balaban J connectivity index is 1.99. The molecule has 0 aliphatic rings. The summed E-state index contributed by atoms with van der Waals surface area (Å²) < 4.78 is 36.9. The SMILES string of the molecule is CN=C(NCCc1c(C)cc(C)cc1C)NCc1cc(F)ccc1CS(C)(=O)=O. The molecule has 0 amide bonds. The van der Waals surface area contributed by atoms with Crippen molar-refractivity contribution in [1.29, 1.82) is 0 Å². The second kappa shape index (κ2) is 9.87. The molecule has 0 spiro atoms. The van der Waals surface area contributed by atoms with Crippen LogP contribution in [0.15, 0.2) is 35.3 Å². The zero-order valence-electron chi connectivity index (χ0n) is 17.8. The molecular weight excluding hydrogens is 389 g/mol. The third kappa shape index (κ3) is 7.16. The van der Waals surface area contributed by atoms with E-state index >= 15 is 0 Å². The van der Waals surface area contributed by atoms with Crippen LogP contribution in [0.4, 0.5) is 4.39 Å². The Labute approximate surface area is 173 Å². The van der Waals surface area contributed by atoms with E-state index in [0.717, 1.165) is 6.42 Å². The van der Waals surface area contributed by atoms with Gasteiger partial charge in [0.05, 0.1) is 5.75 Å². The van der Waals surface area contributed by atoms with Crippen LogP contribution in [0.3, 0.4) is 0 Å². The van der Waals surface area contributed by atoms with Gasteiger partial charge in [-0.15, -0.1) is 0 Å². The lowest BCUT2D eigenvalue weighted by atomic mass is 9.97. The smallest absolute Gasteiger partial charge is 0.191 e. The van der Waals surface area contributed by atoms with Crippen LogP contribution in [0.5, 0.6) is 0 Å². The second-order valence-electron chi connectivity index (χ2n) is 7.46. The molecule has 158 valence electrons. The Bertz CT molecular complexity index is 978. The maximum Gasteiger partial charge on any atom is 0.191 e. The third-order valence-corrected chi connectivity index (χ3v) is 5.60. The molecule has 2 rings (SSSR count). The molecule has 0 aliphatic heterocycles. The lowest BCUT2D eigenvalue weighted by Crippen LogP contribution is -2.38. The van der Waals surface area contributed by atoms with Gasteiger partial charge in [0.2, 0.25) is 0 Å². The Morgan fingerprint density at radius 1 is 1.03 bits per heavy atom. The molecule has 7 heteroatoms. The number of hydrogen-bond acceptors (Lipinski definition) is 3. The zero-order valence-corrected chi connectivity index (χ0v) is 18.6. The summed E-state index contributed by atoms with van der Waals surface area (Å²) in [5.74, 6) is 0.0665. The summed E-state index contributed by atoms with van der Waals surface area (Å²) in [7, 11) is -1.54. The zero-order chi connectivity index (χ0) is 21.6. The molecule has 0 heterocycles. The van der Waals surface area contributed by atoms with E-state index in [9.17, 15) is 12.8 Å². The highest BCUT2D eigenvalue weighted by molar-refractivity contribution is 7.89. The highest BCUT2D eigenvalue weighted by Gasteiger charge is 2.11. The number of aryl methyl sites for hydroxylation is 3. The van der Waals surface area contributed by atoms with Gasteiger partial charge in [0.1, 0.15) is 5.82 Å². The Kier molecular flexibility index (Phi) is 7.79. The highest BCUT2D eigenvalue weighted by Crippen LogP contribution is 2.17. The van der Waals surface area contributed by atoms with Gasteiger partial charge in [-0.25, -0.2) is 12.8 Å². The summed E-state index contributed by atoms with van der Waals surface area (Å²) in [5.41, 5.74) is 6.31. The van der Waals surface area contributed by atoms with Crippen LogP contribution in [0.2, 0.25) is 0 Å². The quantitative estimate of drug-likeness (QED) is 0.534. The second-order valence-corrected chi connectivity index (χ2v) is 9.60. The molecule has 29 heavy (non-hydrogen) atoms. The molecule has 0 bridgehead atoms. The van der Waals surface area contributed by atoms with E-state index in [2.05, 4.69) is 48.5 Å². The molecular formula is C22H30FN3O2S. The van der Waals surface area contributed by atoms with E-state index < -0.39 is 15.7 Å². The third-order valence-electron chi connectivity index (χ3n) is 4.76. The van der Waals surface area contributed by atoms with Gasteiger partial charge in [-0.3, -0.25) is 4.99 Å². The number of halogens is 1. The molecule has 5 nitrogen and oxygen atoms in total. The van der Waals surface area contributed by atoms with Crippen molar-refractivity contribution in [1.82, 2.24) is 10.6 Å². The summed E-state index contributed by atoms with van der Waals surface area (Å²) in [6.45, 7) is 7.32. The van der Waals surface area contributed by atoms with E-state index in [-0.39, 0.29) is 12.3 Å². The van der Waals surface area contributed by atoms with Crippen LogP contribution in [-0.4, -0.2) is 34.2 Å². The van der Waals surface area contributed by atoms with Gasteiger partial charge < -0.3 is 10.6 Å². The normalized spacial score (nSPS) is 12.1. The first-order valence-electron chi connectivity index (χ1n) is 9.55. The van der Waals surface area contributed by atoms with E-state index in [1.54, 1.807) is 7.05 Å². The van der Waals surface area contributed by atoms with Gasteiger partial charge in [-0.05, 0) is 67.1 Å². The number of aliphatic imine (C=N–C) groups is 1. The van der Waals surface area contributed by atoms with Crippen molar-refractivity contribution in [2.24, 2.45) is 4.99 Å². The van der Waals surface area contributed by atoms with Crippen molar-refractivity contribution in [2.45, 2.75) is 39.5 Å². The number of nitrogens with one attached hydrogen (secondary N) is 2. The van der Waals surface area contributed by atoms with Crippen molar-refractivity contribution in [3.05, 3.63) is 69.5 Å². The molecule has 0 radical (unpaired) electrons. The van der Waals surface area contributed by atoms with Crippen LogP contribution in [-0.2, 0) is 28.6 Å². The number of guanidine groups is 1. The summed E-state index contributed by atoms with van der Waals surface area (Å²) in [6.07, 6.45) is 2.03. The Morgan fingerprint density at radius 3 is 2.28 bits per heavy atom. The monoisotopic (exact) mass is 419 g/mol. The number of nitrogens with zero attached hydrogens (tertiary/aromatic N) is 1. The Morgan fingerprint density at radius 2 is 1.69 bits per heavy atom. The van der Waals surface area contributed by atoms with E-state index in [1.807, 2.05) is 0 Å².